The summed E-state index contributed by atoms with van der Waals surface area (Å²) in [5.41, 5.74) is 0. The van der Waals surface area contributed by atoms with Crippen molar-refractivity contribution in [2.24, 2.45) is 0 Å². The Balaban J connectivity index is 2.11. The smallest absolute Gasteiger partial charge is 0.254 e. The molecule has 2 rings (SSSR count). The van der Waals surface area contributed by atoms with Crippen LogP contribution in [0.1, 0.15) is 31.2 Å². The Morgan fingerprint density at radius 2 is 2.32 bits per heavy atom. The van der Waals surface area contributed by atoms with E-state index in [1.807, 2.05) is 13.8 Å². The minimum atomic E-state index is -3.38. The maximum atomic E-state index is 12.5. The number of thiazole rings is 1. The van der Waals surface area contributed by atoms with E-state index in [4.69, 9.17) is 0 Å². The van der Waals surface area contributed by atoms with Crippen molar-refractivity contribution in [2.75, 3.05) is 19.6 Å². The van der Waals surface area contributed by atoms with Crippen LogP contribution in [-0.2, 0) is 10.0 Å². The SMILES string of the molecule is CCN(CC1CCCCN1)S(=O)(=O)c1cnc(C)s1. The van der Waals surface area contributed by atoms with Crippen molar-refractivity contribution in [3.05, 3.63) is 11.2 Å². The molecule has 2 heterocycles. The Kier molecular flexibility index (Phi) is 4.94. The summed E-state index contributed by atoms with van der Waals surface area (Å²) < 4.78 is 26.9. The molecule has 0 bridgehead atoms. The first kappa shape index (κ1) is 14.9. The van der Waals surface area contributed by atoms with Gasteiger partial charge in [0.25, 0.3) is 10.0 Å². The summed E-state index contributed by atoms with van der Waals surface area (Å²) in [6.07, 6.45) is 4.87. The van der Waals surface area contributed by atoms with Gasteiger partial charge in [-0.25, -0.2) is 13.4 Å². The molecule has 1 atom stereocenters. The van der Waals surface area contributed by atoms with Gasteiger partial charge < -0.3 is 5.32 Å². The second-order valence-corrected chi connectivity index (χ2v) is 8.20. The molecular weight excluding hydrogens is 282 g/mol. The molecule has 1 saturated heterocycles. The molecule has 1 aliphatic heterocycles. The topological polar surface area (TPSA) is 62.3 Å². The van der Waals surface area contributed by atoms with E-state index >= 15 is 0 Å². The van der Waals surface area contributed by atoms with Gasteiger partial charge >= 0.3 is 0 Å². The highest BCUT2D eigenvalue weighted by Crippen LogP contribution is 2.23. The fraction of sp³-hybridized carbons (Fsp3) is 0.750. The molecule has 0 aliphatic carbocycles. The van der Waals surface area contributed by atoms with Crippen LogP contribution in [0, 0.1) is 6.92 Å². The van der Waals surface area contributed by atoms with E-state index in [0.29, 0.717) is 17.3 Å². The van der Waals surface area contributed by atoms with Gasteiger partial charge in [0.2, 0.25) is 0 Å². The Bertz CT molecular complexity index is 507. The van der Waals surface area contributed by atoms with Crippen LogP contribution in [-0.4, -0.2) is 43.4 Å². The predicted molar refractivity (Wildman–Crippen MR) is 76.9 cm³/mol. The summed E-state index contributed by atoms with van der Waals surface area (Å²) in [5.74, 6) is 0. The van der Waals surface area contributed by atoms with E-state index < -0.39 is 10.0 Å². The summed E-state index contributed by atoms with van der Waals surface area (Å²) >= 11 is 1.24. The fourth-order valence-corrected chi connectivity index (χ4v) is 5.07. The predicted octanol–water partition coefficient (Wildman–Crippen LogP) is 1.60. The van der Waals surface area contributed by atoms with E-state index in [2.05, 4.69) is 10.3 Å². The summed E-state index contributed by atoms with van der Waals surface area (Å²) in [6.45, 7) is 5.74. The molecule has 1 N–H and O–H groups in total. The van der Waals surface area contributed by atoms with Crippen LogP contribution in [0.2, 0.25) is 0 Å². The number of piperidine rings is 1. The maximum absolute atomic E-state index is 12.5. The van der Waals surface area contributed by atoms with Crippen LogP contribution in [0.5, 0.6) is 0 Å². The Morgan fingerprint density at radius 3 is 2.84 bits per heavy atom. The molecular formula is C12H21N3O2S2. The second-order valence-electron chi connectivity index (χ2n) is 4.80. The molecule has 1 fully saturated rings. The lowest BCUT2D eigenvalue weighted by Gasteiger charge is -2.28. The molecule has 19 heavy (non-hydrogen) atoms. The number of nitrogens with zero attached hydrogens (tertiary/aromatic N) is 2. The lowest BCUT2D eigenvalue weighted by atomic mass is 10.1. The van der Waals surface area contributed by atoms with Crippen LogP contribution in [0.25, 0.3) is 0 Å². The van der Waals surface area contributed by atoms with Crippen molar-refractivity contribution >= 4 is 21.4 Å². The third-order valence-electron chi connectivity index (χ3n) is 3.38. The minimum absolute atomic E-state index is 0.275. The molecule has 1 aromatic rings. The summed E-state index contributed by atoms with van der Waals surface area (Å²) in [4.78, 5) is 4.04. The van der Waals surface area contributed by atoms with Gasteiger partial charge in [-0.2, -0.15) is 4.31 Å². The van der Waals surface area contributed by atoms with Gasteiger partial charge in [0.05, 0.1) is 11.2 Å². The largest absolute Gasteiger partial charge is 0.313 e. The average Bonchev–Trinajstić information content (AvgIpc) is 2.84. The van der Waals surface area contributed by atoms with E-state index in [1.54, 1.807) is 4.31 Å². The third-order valence-corrected chi connectivity index (χ3v) is 6.67. The molecule has 0 radical (unpaired) electrons. The number of sulfonamides is 1. The van der Waals surface area contributed by atoms with E-state index in [0.717, 1.165) is 18.0 Å². The molecule has 1 unspecified atom stereocenters. The van der Waals surface area contributed by atoms with Crippen molar-refractivity contribution in [3.8, 4) is 0 Å². The van der Waals surface area contributed by atoms with Crippen molar-refractivity contribution in [2.45, 2.75) is 43.4 Å². The van der Waals surface area contributed by atoms with Gasteiger partial charge in [0, 0.05) is 19.1 Å². The summed E-state index contributed by atoms with van der Waals surface area (Å²) in [7, 11) is -3.38. The van der Waals surface area contributed by atoms with Crippen molar-refractivity contribution < 1.29 is 8.42 Å². The Hall–Kier alpha value is -0.500. The van der Waals surface area contributed by atoms with Crippen LogP contribution in [0.4, 0.5) is 0 Å². The van der Waals surface area contributed by atoms with E-state index in [-0.39, 0.29) is 6.04 Å². The van der Waals surface area contributed by atoms with Gasteiger partial charge in [-0.3, -0.25) is 0 Å². The molecule has 0 aromatic carbocycles. The molecule has 0 saturated carbocycles. The van der Waals surface area contributed by atoms with Crippen LogP contribution in [0.3, 0.4) is 0 Å². The molecule has 1 aromatic heterocycles. The molecule has 1 aliphatic rings. The number of rotatable bonds is 5. The summed E-state index contributed by atoms with van der Waals surface area (Å²) in [5, 5.41) is 4.18. The van der Waals surface area contributed by atoms with Crippen LogP contribution >= 0.6 is 11.3 Å². The standard InChI is InChI=1S/C12H21N3O2S2/c1-3-15(9-11-6-4-5-7-13-11)19(16,17)12-8-14-10(2)18-12/h8,11,13H,3-7,9H2,1-2H3. The lowest BCUT2D eigenvalue weighted by molar-refractivity contribution is 0.320. The van der Waals surface area contributed by atoms with Gasteiger partial charge in [0.15, 0.2) is 4.21 Å². The lowest BCUT2D eigenvalue weighted by Crippen LogP contribution is -2.45. The summed E-state index contributed by atoms with van der Waals surface area (Å²) in [6, 6.07) is 0.275. The second kappa shape index (κ2) is 6.30. The number of aryl methyl sites for hydroxylation is 1. The molecule has 108 valence electrons. The Labute approximate surface area is 119 Å². The first-order chi connectivity index (χ1) is 9.04. The zero-order valence-electron chi connectivity index (χ0n) is 11.4. The van der Waals surface area contributed by atoms with Gasteiger partial charge in [-0.05, 0) is 26.3 Å². The molecule has 5 nitrogen and oxygen atoms in total. The zero-order valence-corrected chi connectivity index (χ0v) is 13.1. The van der Waals surface area contributed by atoms with Crippen molar-refractivity contribution in [1.29, 1.82) is 0 Å². The normalized spacial score (nSPS) is 20.9. The van der Waals surface area contributed by atoms with E-state index in [1.165, 1.54) is 30.4 Å². The molecule has 0 amide bonds. The van der Waals surface area contributed by atoms with Gasteiger partial charge in [-0.15, -0.1) is 11.3 Å². The van der Waals surface area contributed by atoms with Crippen molar-refractivity contribution in [3.63, 3.8) is 0 Å². The number of hydrogen-bond donors (Lipinski definition) is 1. The fourth-order valence-electron chi connectivity index (χ4n) is 2.31. The quantitative estimate of drug-likeness (QED) is 0.897. The average molecular weight is 303 g/mol. The highest BCUT2D eigenvalue weighted by atomic mass is 32.2. The zero-order chi connectivity index (χ0) is 13.9. The Morgan fingerprint density at radius 1 is 1.53 bits per heavy atom. The first-order valence-electron chi connectivity index (χ1n) is 6.70. The molecule has 0 spiro atoms. The minimum Gasteiger partial charge on any atom is -0.313 e. The van der Waals surface area contributed by atoms with E-state index in [9.17, 15) is 8.42 Å². The van der Waals surface area contributed by atoms with Crippen molar-refractivity contribution in [1.82, 2.24) is 14.6 Å². The highest BCUT2D eigenvalue weighted by Gasteiger charge is 2.28. The number of nitrogens with one attached hydrogen (secondary N) is 1. The number of likely N-dealkylation sites (N-methyl/N-ethyl adjacent to an activating group) is 1. The number of aromatic nitrogens is 1. The number of hydrogen-bond acceptors (Lipinski definition) is 5. The third kappa shape index (κ3) is 3.53. The first-order valence-corrected chi connectivity index (χ1v) is 8.95. The monoisotopic (exact) mass is 303 g/mol. The molecule has 7 heteroatoms. The maximum Gasteiger partial charge on any atom is 0.254 e. The highest BCUT2D eigenvalue weighted by molar-refractivity contribution is 7.91. The van der Waals surface area contributed by atoms with Crippen LogP contribution < -0.4 is 5.32 Å². The van der Waals surface area contributed by atoms with Gasteiger partial charge in [-0.1, -0.05) is 13.3 Å². The van der Waals surface area contributed by atoms with Crippen LogP contribution in [0.15, 0.2) is 10.4 Å². The van der Waals surface area contributed by atoms with Gasteiger partial charge in [0.1, 0.15) is 0 Å².